The molecule has 2 heterocycles. The Morgan fingerprint density at radius 1 is 1.30 bits per heavy atom. The standard InChI is InChI=1S/C15H12Br2N2O/c1-8-11(16)7-12(17)14-13(8)10(15(20)18-14)6-9-4-3-5-19(9)2/h3-7H,1-2H3,(H,18,20). The largest absolute Gasteiger partial charge is 0.351 e. The maximum Gasteiger partial charge on any atom is 0.256 e. The second kappa shape index (κ2) is 4.90. The van der Waals surface area contributed by atoms with E-state index >= 15 is 0 Å². The molecule has 1 aromatic carbocycles. The first-order valence-corrected chi connectivity index (χ1v) is 7.71. The van der Waals surface area contributed by atoms with Gasteiger partial charge in [-0.25, -0.2) is 0 Å². The molecule has 0 atom stereocenters. The smallest absolute Gasteiger partial charge is 0.256 e. The molecule has 0 spiro atoms. The molecule has 3 rings (SSSR count). The minimum absolute atomic E-state index is 0.0666. The highest BCUT2D eigenvalue weighted by Crippen LogP contribution is 2.43. The SMILES string of the molecule is Cc1c(Br)cc(Br)c2c1C(=Cc1cccn1C)C(=O)N2. The van der Waals surface area contributed by atoms with Crippen LogP contribution in [0, 0.1) is 6.92 Å². The molecular formula is C15H12Br2N2O. The number of rotatable bonds is 1. The van der Waals surface area contributed by atoms with Crippen LogP contribution in [0.3, 0.4) is 0 Å². The third-order valence-corrected chi connectivity index (χ3v) is 4.95. The van der Waals surface area contributed by atoms with Crippen LogP contribution in [-0.4, -0.2) is 10.5 Å². The highest BCUT2D eigenvalue weighted by Gasteiger charge is 2.29. The molecule has 0 unspecified atom stereocenters. The predicted molar refractivity (Wildman–Crippen MR) is 88.5 cm³/mol. The first-order chi connectivity index (χ1) is 9.49. The Labute approximate surface area is 133 Å². The van der Waals surface area contributed by atoms with Crippen LogP contribution in [0.5, 0.6) is 0 Å². The van der Waals surface area contributed by atoms with E-state index in [0.29, 0.717) is 5.57 Å². The van der Waals surface area contributed by atoms with Gasteiger partial charge >= 0.3 is 0 Å². The summed E-state index contributed by atoms with van der Waals surface area (Å²) in [5, 5.41) is 2.93. The zero-order valence-corrected chi connectivity index (χ0v) is 14.2. The fourth-order valence-electron chi connectivity index (χ4n) is 2.38. The number of nitrogens with zero attached hydrogens (tertiary/aromatic N) is 1. The molecule has 0 aliphatic carbocycles. The molecule has 1 N–H and O–H groups in total. The molecule has 2 aromatic rings. The fourth-order valence-corrected chi connectivity index (χ4v) is 3.64. The average Bonchev–Trinajstić information content (AvgIpc) is 2.93. The summed E-state index contributed by atoms with van der Waals surface area (Å²) in [4.78, 5) is 12.3. The first-order valence-electron chi connectivity index (χ1n) is 6.12. The van der Waals surface area contributed by atoms with Crippen molar-refractivity contribution in [2.24, 2.45) is 7.05 Å². The van der Waals surface area contributed by atoms with Crippen LogP contribution in [0.15, 0.2) is 33.3 Å². The lowest BCUT2D eigenvalue weighted by Crippen LogP contribution is -2.04. The number of hydrogen-bond donors (Lipinski definition) is 1. The Balaban J connectivity index is 2.25. The molecule has 0 saturated heterocycles. The molecular weight excluding hydrogens is 384 g/mol. The van der Waals surface area contributed by atoms with E-state index in [1.54, 1.807) is 0 Å². The van der Waals surface area contributed by atoms with Crippen molar-refractivity contribution in [3.8, 4) is 0 Å². The molecule has 1 amide bonds. The van der Waals surface area contributed by atoms with Gasteiger partial charge in [-0.1, -0.05) is 15.9 Å². The third-order valence-electron chi connectivity index (χ3n) is 3.50. The van der Waals surface area contributed by atoms with E-state index < -0.39 is 0 Å². The van der Waals surface area contributed by atoms with Crippen molar-refractivity contribution in [1.82, 2.24) is 4.57 Å². The van der Waals surface area contributed by atoms with Crippen molar-refractivity contribution in [2.45, 2.75) is 6.92 Å². The zero-order valence-electron chi connectivity index (χ0n) is 11.0. The molecule has 1 aromatic heterocycles. The van der Waals surface area contributed by atoms with Gasteiger partial charge in [0, 0.05) is 33.4 Å². The van der Waals surface area contributed by atoms with Gasteiger partial charge in [0.25, 0.3) is 5.91 Å². The van der Waals surface area contributed by atoms with Gasteiger partial charge in [-0.3, -0.25) is 4.79 Å². The van der Waals surface area contributed by atoms with Crippen LogP contribution < -0.4 is 5.32 Å². The van der Waals surface area contributed by atoms with Crippen LogP contribution in [-0.2, 0) is 11.8 Å². The zero-order chi connectivity index (χ0) is 14.4. The quantitative estimate of drug-likeness (QED) is 0.715. The number of nitrogens with one attached hydrogen (secondary N) is 1. The van der Waals surface area contributed by atoms with Crippen LogP contribution in [0.1, 0.15) is 16.8 Å². The number of hydrogen-bond acceptors (Lipinski definition) is 1. The number of fused-ring (bicyclic) bond motifs is 1. The summed E-state index contributed by atoms with van der Waals surface area (Å²) in [6.07, 6.45) is 3.89. The molecule has 1 aliphatic heterocycles. The van der Waals surface area contributed by atoms with Crippen LogP contribution in [0.4, 0.5) is 5.69 Å². The number of carbonyl (C=O) groups is 1. The van der Waals surface area contributed by atoms with Crippen molar-refractivity contribution < 1.29 is 4.79 Å². The maximum absolute atomic E-state index is 12.3. The average molecular weight is 396 g/mol. The summed E-state index contributed by atoms with van der Waals surface area (Å²) < 4.78 is 3.85. The Morgan fingerprint density at radius 3 is 2.70 bits per heavy atom. The van der Waals surface area contributed by atoms with E-state index in [1.165, 1.54) is 0 Å². The number of anilines is 1. The lowest BCUT2D eigenvalue weighted by Gasteiger charge is -2.08. The number of amides is 1. The van der Waals surface area contributed by atoms with E-state index in [-0.39, 0.29) is 5.91 Å². The number of aromatic nitrogens is 1. The lowest BCUT2D eigenvalue weighted by atomic mass is 10.0. The summed E-state index contributed by atoms with van der Waals surface area (Å²) in [5.74, 6) is -0.0666. The molecule has 20 heavy (non-hydrogen) atoms. The van der Waals surface area contributed by atoms with Gasteiger partial charge in [0.05, 0.1) is 11.3 Å². The van der Waals surface area contributed by atoms with Gasteiger partial charge in [-0.05, 0) is 52.7 Å². The minimum atomic E-state index is -0.0666. The summed E-state index contributed by atoms with van der Waals surface area (Å²) in [6, 6.07) is 5.91. The normalized spacial score (nSPS) is 15.6. The number of aryl methyl sites for hydroxylation is 1. The summed E-state index contributed by atoms with van der Waals surface area (Å²) in [7, 11) is 1.96. The van der Waals surface area contributed by atoms with E-state index in [9.17, 15) is 4.79 Å². The highest BCUT2D eigenvalue weighted by molar-refractivity contribution is 9.11. The fraction of sp³-hybridized carbons (Fsp3) is 0.133. The second-order valence-corrected chi connectivity index (χ2v) is 6.48. The Bertz CT molecular complexity index is 759. The number of carbonyl (C=O) groups excluding carboxylic acids is 1. The van der Waals surface area contributed by atoms with Gasteiger partial charge in [0.2, 0.25) is 0 Å². The second-order valence-electron chi connectivity index (χ2n) is 4.77. The molecule has 5 heteroatoms. The molecule has 1 aliphatic rings. The molecule has 0 saturated carbocycles. The van der Waals surface area contributed by atoms with Crippen LogP contribution >= 0.6 is 31.9 Å². The van der Waals surface area contributed by atoms with E-state index in [1.807, 2.05) is 49.0 Å². The molecule has 0 radical (unpaired) electrons. The van der Waals surface area contributed by atoms with Crippen LogP contribution in [0.25, 0.3) is 11.6 Å². The number of halogens is 2. The van der Waals surface area contributed by atoms with E-state index in [0.717, 1.165) is 31.5 Å². The van der Waals surface area contributed by atoms with Crippen molar-refractivity contribution >= 4 is 55.1 Å². The topological polar surface area (TPSA) is 34.0 Å². The minimum Gasteiger partial charge on any atom is -0.351 e. The first kappa shape index (κ1) is 13.6. The highest BCUT2D eigenvalue weighted by atomic mass is 79.9. The van der Waals surface area contributed by atoms with Gasteiger partial charge in [0.15, 0.2) is 0 Å². The Kier molecular flexibility index (Phi) is 3.34. The van der Waals surface area contributed by atoms with Gasteiger partial charge in [0.1, 0.15) is 0 Å². The van der Waals surface area contributed by atoms with Crippen molar-refractivity contribution in [2.75, 3.05) is 5.32 Å². The third kappa shape index (κ3) is 2.05. The molecule has 0 fully saturated rings. The van der Waals surface area contributed by atoms with Gasteiger partial charge in [-0.2, -0.15) is 0 Å². The summed E-state index contributed by atoms with van der Waals surface area (Å²) in [6.45, 7) is 2.01. The summed E-state index contributed by atoms with van der Waals surface area (Å²) >= 11 is 7.04. The van der Waals surface area contributed by atoms with E-state index in [2.05, 4.69) is 37.2 Å². The predicted octanol–water partition coefficient (Wildman–Crippen LogP) is 4.35. The Morgan fingerprint density at radius 2 is 2.05 bits per heavy atom. The monoisotopic (exact) mass is 394 g/mol. The maximum atomic E-state index is 12.3. The van der Waals surface area contributed by atoms with Crippen LogP contribution in [0.2, 0.25) is 0 Å². The molecule has 102 valence electrons. The van der Waals surface area contributed by atoms with Gasteiger partial charge < -0.3 is 9.88 Å². The molecule has 0 bridgehead atoms. The van der Waals surface area contributed by atoms with Crippen molar-refractivity contribution in [3.05, 3.63) is 50.2 Å². The molecule has 3 nitrogen and oxygen atoms in total. The summed E-state index contributed by atoms with van der Waals surface area (Å²) in [5.41, 5.74) is 4.55. The van der Waals surface area contributed by atoms with E-state index in [4.69, 9.17) is 0 Å². The number of benzene rings is 1. The van der Waals surface area contributed by atoms with Gasteiger partial charge in [-0.15, -0.1) is 0 Å². The van der Waals surface area contributed by atoms with Crippen molar-refractivity contribution in [3.63, 3.8) is 0 Å². The lowest BCUT2D eigenvalue weighted by molar-refractivity contribution is -0.110. The Hall–Kier alpha value is -1.33. The van der Waals surface area contributed by atoms with Crippen molar-refractivity contribution in [1.29, 1.82) is 0 Å².